The van der Waals surface area contributed by atoms with Crippen molar-refractivity contribution in [3.63, 3.8) is 0 Å². The molecule has 4 rings (SSSR count). The number of carbonyl (C=O) groups excluding carboxylic acids is 2. The molecule has 0 saturated heterocycles. The fraction of sp³-hybridized carbons (Fsp3) is 0.259. The fourth-order valence-electron chi connectivity index (χ4n) is 3.87. The van der Waals surface area contributed by atoms with Gasteiger partial charge in [-0.3, -0.25) is 9.59 Å². The summed E-state index contributed by atoms with van der Waals surface area (Å²) in [5, 5.41) is 2.57. The molecule has 2 atom stereocenters. The summed E-state index contributed by atoms with van der Waals surface area (Å²) in [7, 11) is 0. The molecule has 0 spiro atoms. The maximum atomic E-state index is 13.5. The second-order valence-electron chi connectivity index (χ2n) is 8.23. The Kier molecular flexibility index (Phi) is 6.96. The van der Waals surface area contributed by atoms with Crippen molar-refractivity contribution in [1.82, 2.24) is 5.32 Å². The predicted octanol–water partition coefficient (Wildman–Crippen LogP) is 5.00. The monoisotopic (exact) mass is 444 g/mol. The molecule has 5 heteroatoms. The minimum Gasteiger partial charge on any atom is -0.355 e. The van der Waals surface area contributed by atoms with Gasteiger partial charge in [-0.25, -0.2) is 0 Å². The third-order valence-corrected chi connectivity index (χ3v) is 7.27. The standard InChI is InChI=1S/C27H28N2O2S/c1-19-12-14-22(15-13-19)18-29-23-10-6-7-11-24(23)32-25(27(29)31)20(2)26(30)28-17-16-21-8-4-3-5-9-21/h3-15,20,25H,16-18H2,1-2H3,(H,28,30)/t20-,25+/m1/s1. The fourth-order valence-corrected chi connectivity index (χ4v) is 5.15. The first kappa shape index (κ1) is 22.2. The van der Waals surface area contributed by atoms with E-state index < -0.39 is 11.2 Å². The Morgan fingerprint density at radius 2 is 1.66 bits per heavy atom. The van der Waals surface area contributed by atoms with E-state index in [1.807, 2.05) is 54.3 Å². The maximum absolute atomic E-state index is 13.5. The average molecular weight is 445 g/mol. The molecule has 4 nitrogen and oxygen atoms in total. The van der Waals surface area contributed by atoms with Crippen molar-refractivity contribution in [2.24, 2.45) is 5.92 Å². The molecule has 164 valence electrons. The number of nitrogens with one attached hydrogen (secondary N) is 1. The lowest BCUT2D eigenvalue weighted by Gasteiger charge is -2.35. The highest BCUT2D eigenvalue weighted by Crippen LogP contribution is 2.42. The van der Waals surface area contributed by atoms with E-state index in [9.17, 15) is 9.59 Å². The van der Waals surface area contributed by atoms with Crippen molar-refractivity contribution in [3.8, 4) is 0 Å². The number of nitrogens with zero attached hydrogens (tertiary/aromatic N) is 1. The van der Waals surface area contributed by atoms with Crippen LogP contribution in [0, 0.1) is 12.8 Å². The molecule has 1 aliphatic heterocycles. The summed E-state index contributed by atoms with van der Waals surface area (Å²) in [6, 6.07) is 26.3. The molecule has 0 aromatic heterocycles. The molecule has 0 unspecified atom stereocenters. The molecule has 0 bridgehead atoms. The summed E-state index contributed by atoms with van der Waals surface area (Å²) in [4.78, 5) is 29.3. The van der Waals surface area contributed by atoms with Gasteiger partial charge in [0.1, 0.15) is 5.25 Å². The SMILES string of the molecule is Cc1ccc(CN2C(=O)[C@H]([C@@H](C)C(=O)NCCc3ccccc3)Sc3ccccc32)cc1. The van der Waals surface area contributed by atoms with Crippen LogP contribution >= 0.6 is 11.8 Å². The summed E-state index contributed by atoms with van der Waals surface area (Å²) in [5.74, 6) is -0.529. The molecule has 0 radical (unpaired) electrons. The quantitative estimate of drug-likeness (QED) is 0.558. The highest BCUT2D eigenvalue weighted by Gasteiger charge is 2.39. The van der Waals surface area contributed by atoms with Crippen molar-refractivity contribution in [2.45, 2.75) is 37.0 Å². The number of thioether (sulfide) groups is 1. The van der Waals surface area contributed by atoms with Gasteiger partial charge in [-0.05, 0) is 36.6 Å². The zero-order valence-electron chi connectivity index (χ0n) is 18.5. The predicted molar refractivity (Wildman–Crippen MR) is 131 cm³/mol. The Labute approximate surface area is 194 Å². The largest absolute Gasteiger partial charge is 0.355 e. The lowest BCUT2D eigenvalue weighted by atomic mass is 10.0. The molecule has 0 fully saturated rings. The number of carbonyl (C=O) groups is 2. The number of anilines is 1. The van der Waals surface area contributed by atoms with E-state index in [0.29, 0.717) is 13.1 Å². The number of aryl methyl sites for hydroxylation is 1. The Bertz CT molecular complexity index is 1080. The number of para-hydroxylation sites is 1. The molecule has 3 aromatic rings. The van der Waals surface area contributed by atoms with Crippen LogP contribution in [-0.2, 0) is 22.6 Å². The number of hydrogen-bond acceptors (Lipinski definition) is 3. The number of rotatable bonds is 7. The molecular weight excluding hydrogens is 416 g/mol. The van der Waals surface area contributed by atoms with Gasteiger partial charge in [-0.1, -0.05) is 79.2 Å². The van der Waals surface area contributed by atoms with E-state index in [2.05, 4.69) is 48.6 Å². The second-order valence-corrected chi connectivity index (χ2v) is 9.41. The molecule has 32 heavy (non-hydrogen) atoms. The van der Waals surface area contributed by atoms with Crippen LogP contribution in [0.1, 0.15) is 23.6 Å². The van der Waals surface area contributed by atoms with Gasteiger partial charge >= 0.3 is 0 Å². The minimum atomic E-state index is -0.452. The average Bonchev–Trinajstić information content (AvgIpc) is 2.82. The lowest BCUT2D eigenvalue weighted by molar-refractivity contribution is -0.128. The Hall–Kier alpha value is -3.05. The highest BCUT2D eigenvalue weighted by atomic mass is 32.2. The summed E-state index contributed by atoms with van der Waals surface area (Å²) >= 11 is 1.50. The highest BCUT2D eigenvalue weighted by molar-refractivity contribution is 8.01. The summed E-state index contributed by atoms with van der Waals surface area (Å²) in [6.07, 6.45) is 0.771. The second kappa shape index (κ2) is 10.0. The van der Waals surface area contributed by atoms with Crippen molar-refractivity contribution in [1.29, 1.82) is 0 Å². The van der Waals surface area contributed by atoms with Gasteiger partial charge in [0.2, 0.25) is 11.8 Å². The van der Waals surface area contributed by atoms with Gasteiger partial charge in [-0.15, -0.1) is 11.8 Å². The molecule has 3 aromatic carbocycles. The lowest BCUT2D eigenvalue weighted by Crippen LogP contribution is -2.47. The van der Waals surface area contributed by atoms with Gasteiger partial charge in [0.25, 0.3) is 0 Å². The maximum Gasteiger partial charge on any atom is 0.241 e. The zero-order chi connectivity index (χ0) is 22.5. The van der Waals surface area contributed by atoms with Crippen LogP contribution in [0.25, 0.3) is 0 Å². The molecule has 2 amide bonds. The summed E-state index contributed by atoms with van der Waals surface area (Å²) in [5.41, 5.74) is 4.36. The number of fused-ring (bicyclic) bond motifs is 1. The van der Waals surface area contributed by atoms with Gasteiger partial charge in [-0.2, -0.15) is 0 Å². The summed E-state index contributed by atoms with van der Waals surface area (Å²) in [6.45, 7) is 4.96. The third kappa shape index (κ3) is 5.05. The van der Waals surface area contributed by atoms with E-state index in [0.717, 1.165) is 22.6 Å². The van der Waals surface area contributed by atoms with Crippen LogP contribution < -0.4 is 10.2 Å². The van der Waals surface area contributed by atoms with E-state index in [4.69, 9.17) is 0 Å². The Morgan fingerprint density at radius 1 is 0.969 bits per heavy atom. The van der Waals surface area contributed by atoms with Crippen molar-refractivity contribution in [3.05, 3.63) is 95.6 Å². The van der Waals surface area contributed by atoms with E-state index >= 15 is 0 Å². The molecular formula is C27H28N2O2S. The van der Waals surface area contributed by atoms with Crippen LogP contribution in [0.4, 0.5) is 5.69 Å². The number of hydrogen-bond donors (Lipinski definition) is 1. The molecule has 1 aliphatic rings. The molecule has 0 saturated carbocycles. The minimum absolute atomic E-state index is 0.0139. The van der Waals surface area contributed by atoms with Gasteiger partial charge in [0.15, 0.2) is 0 Å². The first-order valence-electron chi connectivity index (χ1n) is 11.0. The molecule has 1 heterocycles. The normalized spacial score (nSPS) is 16.4. The van der Waals surface area contributed by atoms with E-state index in [1.54, 1.807) is 0 Å². The van der Waals surface area contributed by atoms with Gasteiger partial charge in [0, 0.05) is 11.4 Å². The van der Waals surface area contributed by atoms with Crippen molar-refractivity contribution >= 4 is 29.3 Å². The van der Waals surface area contributed by atoms with Crippen LogP contribution in [0.5, 0.6) is 0 Å². The topological polar surface area (TPSA) is 49.4 Å². The van der Waals surface area contributed by atoms with Crippen molar-refractivity contribution in [2.75, 3.05) is 11.4 Å². The smallest absolute Gasteiger partial charge is 0.241 e. The van der Waals surface area contributed by atoms with Crippen molar-refractivity contribution < 1.29 is 9.59 Å². The number of amides is 2. The summed E-state index contributed by atoms with van der Waals surface area (Å²) < 4.78 is 0. The van der Waals surface area contributed by atoms with E-state index in [-0.39, 0.29) is 11.8 Å². The van der Waals surface area contributed by atoms with Crippen LogP contribution in [-0.4, -0.2) is 23.6 Å². The van der Waals surface area contributed by atoms with Crippen LogP contribution in [0.15, 0.2) is 83.8 Å². The third-order valence-electron chi connectivity index (χ3n) is 5.80. The van der Waals surface area contributed by atoms with Crippen LogP contribution in [0.2, 0.25) is 0 Å². The molecule has 0 aliphatic carbocycles. The van der Waals surface area contributed by atoms with Crippen LogP contribution in [0.3, 0.4) is 0 Å². The Morgan fingerprint density at radius 3 is 2.41 bits per heavy atom. The number of benzene rings is 3. The molecule has 1 N–H and O–H groups in total. The Balaban J connectivity index is 1.47. The van der Waals surface area contributed by atoms with E-state index in [1.165, 1.54) is 22.9 Å². The first-order valence-corrected chi connectivity index (χ1v) is 11.8. The first-order chi connectivity index (χ1) is 15.5. The zero-order valence-corrected chi connectivity index (χ0v) is 19.3. The van der Waals surface area contributed by atoms with Gasteiger partial charge < -0.3 is 10.2 Å². The van der Waals surface area contributed by atoms with Gasteiger partial charge in [0.05, 0.1) is 18.2 Å².